The van der Waals surface area contributed by atoms with Gasteiger partial charge in [-0.1, -0.05) is 58.6 Å². The molecule has 4 heterocycles. The summed E-state index contributed by atoms with van der Waals surface area (Å²) >= 11 is 0. The van der Waals surface area contributed by atoms with Crippen molar-refractivity contribution in [2.24, 2.45) is 0 Å². The number of rotatable bonds is 15. The number of unbranched alkanes of at least 4 members (excludes halogenated alkanes) is 7. The molecule has 4 atom stereocenters. The summed E-state index contributed by atoms with van der Waals surface area (Å²) in [5.41, 5.74) is -1.33. The predicted molar refractivity (Wildman–Crippen MR) is 152 cm³/mol. The third kappa shape index (κ3) is 7.72. The van der Waals surface area contributed by atoms with Gasteiger partial charge in [0.15, 0.2) is 23.6 Å². The fourth-order valence-corrected chi connectivity index (χ4v) is 5.05. The zero-order chi connectivity index (χ0) is 29.1. The minimum atomic E-state index is -1.46. The Kier molecular flexibility index (Phi) is 11.3. The number of hydrogen-bond donors (Lipinski definition) is 2. The van der Waals surface area contributed by atoms with Gasteiger partial charge >= 0.3 is 0 Å². The monoisotopic (exact) mass is 569 g/mol. The fraction of sp³-hybridized carbons (Fsp3) is 0.562. The van der Waals surface area contributed by atoms with Crippen LogP contribution in [0.5, 0.6) is 0 Å². The van der Waals surface area contributed by atoms with E-state index in [0.29, 0.717) is 0 Å². The number of aromatic nitrogens is 2. The number of aryl methyl sites for hydroxylation is 1. The summed E-state index contributed by atoms with van der Waals surface area (Å²) in [6.45, 7) is 10.1. The smallest absolute Gasteiger partial charge is 0.226 e. The average Bonchev–Trinajstić information content (AvgIpc) is 3.01. The zero-order valence-corrected chi connectivity index (χ0v) is 24.2. The van der Waals surface area contributed by atoms with Crippen LogP contribution in [0.25, 0.3) is 0 Å². The molecule has 224 valence electrons. The molecule has 41 heavy (non-hydrogen) atoms. The maximum atomic E-state index is 10.4. The third-order valence-electron chi connectivity index (χ3n) is 7.79. The number of pyridine rings is 2. The first-order chi connectivity index (χ1) is 19.9. The van der Waals surface area contributed by atoms with E-state index in [9.17, 15) is 10.2 Å². The molecule has 0 saturated carbocycles. The highest BCUT2D eigenvalue weighted by atomic mass is 16.7. The van der Waals surface area contributed by atoms with Gasteiger partial charge in [0.2, 0.25) is 12.6 Å². The van der Waals surface area contributed by atoms with E-state index in [-0.39, 0.29) is 24.7 Å². The molecule has 4 unspecified atom stereocenters. The Bertz CT molecular complexity index is 1110. The minimum absolute atomic E-state index is 0.0526. The van der Waals surface area contributed by atoms with Crippen molar-refractivity contribution in [1.29, 1.82) is 0 Å². The third-order valence-corrected chi connectivity index (χ3v) is 7.79. The molecule has 4 rings (SSSR count). The molecular formula is C32H45N2O7+. The fourth-order valence-electron chi connectivity index (χ4n) is 5.05. The highest BCUT2D eigenvalue weighted by Crippen LogP contribution is 2.42. The van der Waals surface area contributed by atoms with E-state index in [1.165, 1.54) is 44.9 Å². The second-order valence-electron chi connectivity index (χ2n) is 10.9. The Labute approximate surface area is 243 Å². The number of nitrogens with zero attached hydrogens (tertiary/aromatic N) is 2. The van der Waals surface area contributed by atoms with E-state index in [4.69, 9.17) is 23.7 Å². The van der Waals surface area contributed by atoms with Crippen LogP contribution in [-0.2, 0) is 30.2 Å². The summed E-state index contributed by atoms with van der Waals surface area (Å²) in [4.78, 5) is 4.00. The molecule has 0 aliphatic carbocycles. The normalized spacial score (nSPS) is 26.4. The molecule has 2 aromatic rings. The largest absolute Gasteiger partial charge is 0.462 e. The first-order valence-electron chi connectivity index (χ1n) is 14.7. The van der Waals surface area contributed by atoms with Crippen LogP contribution in [0.15, 0.2) is 73.7 Å². The van der Waals surface area contributed by atoms with E-state index < -0.39 is 37.0 Å². The summed E-state index contributed by atoms with van der Waals surface area (Å²) in [5.74, 6) is 0.351. The first-order valence-corrected chi connectivity index (χ1v) is 14.7. The summed E-state index contributed by atoms with van der Waals surface area (Å²) in [6, 6.07) is 7.47. The second-order valence-corrected chi connectivity index (χ2v) is 10.9. The highest BCUT2D eigenvalue weighted by Gasteiger charge is 2.52. The topological polar surface area (TPSA) is 103 Å². The molecule has 9 nitrogen and oxygen atoms in total. The number of aliphatic hydroxyl groups excluding tert-OH is 2. The van der Waals surface area contributed by atoms with Crippen LogP contribution in [0.2, 0.25) is 0 Å². The van der Waals surface area contributed by atoms with E-state index in [2.05, 4.69) is 29.6 Å². The van der Waals surface area contributed by atoms with Crippen LogP contribution >= 0.6 is 0 Å². The molecule has 2 aliphatic rings. The van der Waals surface area contributed by atoms with Crippen molar-refractivity contribution < 1.29 is 38.5 Å². The Hall–Kier alpha value is -2.82. The number of ether oxygens (including phenoxy) is 5. The maximum absolute atomic E-state index is 10.4. The standard InChI is InChI=1S/C32H45N2O7/c1-4-5-6-7-8-9-10-11-18-34-19-14-28(15-20-34)30-38-24-32(22-36,26(3)40-30)41-31(21-35)23-37-29(39-25(31)2)27-12-16-33-17-13-27/h12-17,19-20,29-30,35-36H,2-11,18,21-24H2,1H3/q+1. The molecule has 2 N–H and O–H groups in total. The van der Waals surface area contributed by atoms with Crippen LogP contribution in [0.4, 0.5) is 0 Å². The van der Waals surface area contributed by atoms with E-state index in [0.717, 1.165) is 24.1 Å². The summed E-state index contributed by atoms with van der Waals surface area (Å²) in [6.07, 6.45) is 16.2. The van der Waals surface area contributed by atoms with Gasteiger partial charge in [-0.2, -0.15) is 0 Å². The van der Waals surface area contributed by atoms with Gasteiger partial charge in [0.25, 0.3) is 0 Å². The lowest BCUT2D eigenvalue weighted by Gasteiger charge is -2.48. The summed E-state index contributed by atoms with van der Waals surface area (Å²) in [5, 5.41) is 20.7. The molecule has 2 saturated heterocycles. The van der Waals surface area contributed by atoms with Crippen molar-refractivity contribution in [2.75, 3.05) is 26.4 Å². The van der Waals surface area contributed by atoms with Crippen molar-refractivity contribution >= 4 is 0 Å². The van der Waals surface area contributed by atoms with Gasteiger partial charge in [-0.05, 0) is 18.6 Å². The maximum Gasteiger partial charge on any atom is 0.226 e. The zero-order valence-electron chi connectivity index (χ0n) is 24.2. The van der Waals surface area contributed by atoms with Gasteiger partial charge < -0.3 is 33.9 Å². The van der Waals surface area contributed by atoms with Gasteiger partial charge in [-0.25, -0.2) is 4.57 Å². The molecule has 0 aromatic carbocycles. The van der Waals surface area contributed by atoms with E-state index in [1.807, 2.05) is 24.5 Å². The van der Waals surface area contributed by atoms with Crippen molar-refractivity contribution in [3.8, 4) is 0 Å². The Morgan fingerprint density at radius 2 is 1.29 bits per heavy atom. The van der Waals surface area contributed by atoms with Gasteiger partial charge in [0.1, 0.15) is 18.1 Å². The molecule has 0 spiro atoms. The minimum Gasteiger partial charge on any atom is -0.462 e. The van der Waals surface area contributed by atoms with Crippen LogP contribution in [-0.4, -0.2) is 52.8 Å². The average molecular weight is 570 g/mol. The SMILES string of the molecule is C=C1OC(c2ccncc2)OCC1(CO)OC1(CO)COC(c2cc[n+](CCCCCCCCCC)cc2)OC1=C. The summed E-state index contributed by atoms with van der Waals surface area (Å²) < 4.78 is 32.3. The molecule has 2 aliphatic heterocycles. The lowest BCUT2D eigenvalue weighted by Crippen LogP contribution is -2.59. The Morgan fingerprint density at radius 3 is 1.78 bits per heavy atom. The molecule has 2 aromatic heterocycles. The van der Waals surface area contributed by atoms with Crippen molar-refractivity contribution in [1.82, 2.24) is 4.98 Å². The van der Waals surface area contributed by atoms with Crippen molar-refractivity contribution in [3.63, 3.8) is 0 Å². The Balaban J connectivity index is 1.30. The van der Waals surface area contributed by atoms with Crippen LogP contribution < -0.4 is 4.57 Å². The van der Waals surface area contributed by atoms with Crippen LogP contribution in [0, 0.1) is 0 Å². The van der Waals surface area contributed by atoms with Gasteiger partial charge in [0, 0.05) is 42.1 Å². The van der Waals surface area contributed by atoms with E-state index >= 15 is 0 Å². The van der Waals surface area contributed by atoms with Crippen molar-refractivity contribution in [2.45, 2.75) is 88.6 Å². The molecular weight excluding hydrogens is 524 g/mol. The lowest BCUT2D eigenvalue weighted by atomic mass is 9.97. The molecule has 2 fully saturated rings. The van der Waals surface area contributed by atoms with Gasteiger partial charge in [-0.15, -0.1) is 0 Å². The van der Waals surface area contributed by atoms with Crippen molar-refractivity contribution in [3.05, 3.63) is 84.9 Å². The van der Waals surface area contributed by atoms with Crippen LogP contribution in [0.3, 0.4) is 0 Å². The number of aliphatic hydroxyl groups is 2. The van der Waals surface area contributed by atoms with Crippen LogP contribution in [0.1, 0.15) is 82.0 Å². The quantitative estimate of drug-likeness (QED) is 0.233. The summed E-state index contributed by atoms with van der Waals surface area (Å²) in [7, 11) is 0. The van der Waals surface area contributed by atoms with Gasteiger partial charge in [0.05, 0.1) is 26.4 Å². The van der Waals surface area contributed by atoms with Gasteiger partial charge in [-0.3, -0.25) is 4.98 Å². The Morgan fingerprint density at radius 1 is 0.805 bits per heavy atom. The molecule has 9 heteroatoms. The molecule has 0 radical (unpaired) electrons. The second kappa shape index (κ2) is 14.9. The number of hydrogen-bond acceptors (Lipinski definition) is 8. The first kappa shape index (κ1) is 31.1. The molecule has 0 amide bonds. The lowest BCUT2D eigenvalue weighted by molar-refractivity contribution is -0.697. The highest BCUT2D eigenvalue weighted by molar-refractivity contribution is 5.21. The molecule has 0 bridgehead atoms. The predicted octanol–water partition coefficient (Wildman–Crippen LogP) is 4.81. The van der Waals surface area contributed by atoms with E-state index in [1.54, 1.807) is 24.5 Å².